The van der Waals surface area contributed by atoms with Crippen molar-refractivity contribution >= 4 is 17.3 Å². The Hall–Kier alpha value is -4.59. The van der Waals surface area contributed by atoms with Crippen molar-refractivity contribution < 1.29 is 0 Å². The van der Waals surface area contributed by atoms with E-state index >= 15 is 0 Å². The van der Waals surface area contributed by atoms with Gasteiger partial charge in [-0.05, 0) is 109 Å². The molecule has 1 aliphatic heterocycles. The van der Waals surface area contributed by atoms with Crippen LogP contribution in [0.1, 0.15) is 36.1 Å². The second kappa shape index (κ2) is 9.48. The van der Waals surface area contributed by atoms with Gasteiger partial charge in [-0.1, -0.05) is 129 Å². The van der Waals surface area contributed by atoms with Crippen molar-refractivity contribution in [3.8, 4) is 44.5 Å². The quantitative estimate of drug-likeness (QED) is 0.209. The van der Waals surface area contributed by atoms with Crippen molar-refractivity contribution in [1.82, 2.24) is 0 Å². The lowest BCUT2D eigenvalue weighted by atomic mass is 9.81. The van der Waals surface area contributed by atoms with Crippen molar-refractivity contribution in [2.24, 2.45) is 0 Å². The van der Waals surface area contributed by atoms with Gasteiger partial charge >= 0.3 is 0 Å². The molecule has 0 spiro atoms. The summed E-state index contributed by atoms with van der Waals surface area (Å²) in [7, 11) is 0. The third-order valence-electron chi connectivity index (χ3n) is 9.05. The minimum absolute atomic E-state index is 0.00531. The molecule has 8 rings (SSSR count). The van der Waals surface area contributed by atoms with E-state index in [0.29, 0.717) is 0 Å². The molecule has 2 aliphatic rings. The first-order valence-electron chi connectivity index (χ1n) is 14.5. The summed E-state index contributed by atoms with van der Waals surface area (Å²) in [6, 6.07) is 49.1. The molecular weight excluding hydrogens is 525 g/mol. The molecule has 200 valence electrons. The second-order valence-corrected chi connectivity index (χ2v) is 13.0. The van der Waals surface area contributed by atoms with E-state index < -0.39 is 0 Å². The molecule has 0 bridgehead atoms. The maximum atomic E-state index is 4.46. The lowest BCUT2D eigenvalue weighted by Crippen LogP contribution is -2.14. The first-order valence-corrected chi connectivity index (χ1v) is 15.4. The van der Waals surface area contributed by atoms with Crippen LogP contribution in [0.4, 0.5) is 0 Å². The number of hydrogen-bond acceptors (Lipinski definition) is 1. The number of rotatable bonds is 3. The van der Waals surface area contributed by atoms with Gasteiger partial charge in [-0.2, -0.15) is 0 Å². The molecule has 0 saturated carbocycles. The lowest BCUT2D eigenvalue weighted by Gasteiger charge is -2.22. The number of benzene rings is 6. The van der Waals surface area contributed by atoms with Gasteiger partial charge < -0.3 is 0 Å². The number of fused-ring (bicyclic) bond motifs is 5. The van der Waals surface area contributed by atoms with Gasteiger partial charge in [-0.25, -0.2) is 0 Å². The summed E-state index contributed by atoms with van der Waals surface area (Å²) >= 11 is 1.83. The van der Waals surface area contributed by atoms with Crippen LogP contribution in [0.15, 0.2) is 150 Å². The van der Waals surface area contributed by atoms with Crippen LogP contribution >= 0.6 is 11.8 Å². The summed E-state index contributed by atoms with van der Waals surface area (Å²) in [5.74, 6) is 0. The molecule has 0 unspecified atom stereocenters. The zero-order chi connectivity index (χ0) is 28.4. The van der Waals surface area contributed by atoms with E-state index in [1.165, 1.54) is 76.6 Å². The van der Waals surface area contributed by atoms with Crippen molar-refractivity contribution in [1.29, 1.82) is 0 Å². The average Bonchev–Trinajstić information content (AvgIpc) is 3.27. The van der Waals surface area contributed by atoms with E-state index in [4.69, 9.17) is 0 Å². The van der Waals surface area contributed by atoms with Gasteiger partial charge in [0.2, 0.25) is 0 Å². The van der Waals surface area contributed by atoms with Crippen LogP contribution in [0.2, 0.25) is 0 Å². The summed E-state index contributed by atoms with van der Waals surface area (Å²) in [5.41, 5.74) is 16.5. The molecule has 0 nitrogen and oxygen atoms in total. The van der Waals surface area contributed by atoms with Gasteiger partial charge in [0.25, 0.3) is 0 Å². The predicted octanol–water partition coefficient (Wildman–Crippen LogP) is 11.5. The molecule has 1 aliphatic carbocycles. The Morgan fingerprint density at radius 1 is 0.429 bits per heavy atom. The third-order valence-corrected chi connectivity index (χ3v) is 10.2. The van der Waals surface area contributed by atoms with Gasteiger partial charge in [0.15, 0.2) is 0 Å². The maximum Gasteiger partial charge on any atom is 0.0201 e. The fourth-order valence-corrected chi connectivity index (χ4v) is 7.86. The van der Waals surface area contributed by atoms with Crippen molar-refractivity contribution in [3.63, 3.8) is 0 Å². The van der Waals surface area contributed by atoms with Crippen LogP contribution in [0.5, 0.6) is 0 Å². The molecule has 0 N–H and O–H groups in total. The van der Waals surface area contributed by atoms with E-state index in [1.54, 1.807) is 0 Å². The van der Waals surface area contributed by atoms with E-state index in [2.05, 4.69) is 154 Å². The molecule has 42 heavy (non-hydrogen) atoms. The van der Waals surface area contributed by atoms with Gasteiger partial charge in [0.05, 0.1) is 0 Å². The highest BCUT2D eigenvalue weighted by atomic mass is 32.2. The van der Waals surface area contributed by atoms with Gasteiger partial charge in [-0.15, -0.1) is 0 Å². The van der Waals surface area contributed by atoms with Gasteiger partial charge in [0, 0.05) is 15.2 Å². The normalized spacial score (nSPS) is 14.1. The number of hydrogen-bond donors (Lipinski definition) is 0. The molecule has 0 radical (unpaired) electrons. The Labute approximate surface area is 252 Å². The molecule has 6 aromatic carbocycles. The van der Waals surface area contributed by atoms with Gasteiger partial charge in [-0.3, -0.25) is 0 Å². The maximum absolute atomic E-state index is 4.46. The minimum Gasteiger partial charge on any atom is -0.0905 e. The predicted molar refractivity (Wildman–Crippen MR) is 179 cm³/mol. The fourth-order valence-electron chi connectivity index (χ4n) is 6.74. The van der Waals surface area contributed by atoms with Crippen molar-refractivity contribution in [3.05, 3.63) is 162 Å². The zero-order valence-electron chi connectivity index (χ0n) is 23.8. The molecule has 1 heterocycles. The Balaban J connectivity index is 1.14. The van der Waals surface area contributed by atoms with Crippen LogP contribution < -0.4 is 0 Å². The van der Waals surface area contributed by atoms with Crippen LogP contribution in [-0.4, -0.2) is 0 Å². The smallest absolute Gasteiger partial charge is 0.0201 e. The summed E-state index contributed by atoms with van der Waals surface area (Å²) < 4.78 is 0. The minimum atomic E-state index is -0.00531. The summed E-state index contributed by atoms with van der Waals surface area (Å²) in [5, 5.41) is 0. The van der Waals surface area contributed by atoms with Crippen LogP contribution in [-0.2, 0) is 5.41 Å². The molecule has 0 saturated heterocycles. The summed E-state index contributed by atoms with van der Waals surface area (Å²) in [4.78, 5) is 2.55. The highest BCUT2D eigenvalue weighted by Gasteiger charge is 2.35. The van der Waals surface area contributed by atoms with E-state index in [0.717, 1.165) is 5.57 Å². The van der Waals surface area contributed by atoms with E-state index in [1.807, 2.05) is 11.8 Å². The Morgan fingerprint density at radius 3 is 1.67 bits per heavy atom. The van der Waals surface area contributed by atoms with Crippen molar-refractivity contribution in [2.75, 3.05) is 0 Å². The van der Waals surface area contributed by atoms with E-state index in [9.17, 15) is 0 Å². The average molecular weight is 555 g/mol. The largest absolute Gasteiger partial charge is 0.0905 e. The molecule has 1 heteroatoms. The lowest BCUT2D eigenvalue weighted by molar-refractivity contribution is 0.660. The SMILES string of the molecule is C=C1c2ccccc2Sc2ccc(-c3cccc(-c4cccc(-c5ccc6c(c5)C(C)(C)c5ccccc5-6)c4)c3)cc21. The van der Waals surface area contributed by atoms with Crippen molar-refractivity contribution in [2.45, 2.75) is 29.1 Å². The Bertz CT molecular complexity index is 2060. The van der Waals surface area contributed by atoms with E-state index in [-0.39, 0.29) is 5.41 Å². The van der Waals surface area contributed by atoms with Crippen LogP contribution in [0.25, 0.3) is 50.1 Å². The molecular formula is C41H30S. The second-order valence-electron chi connectivity index (χ2n) is 11.9. The third kappa shape index (κ3) is 3.92. The first-order chi connectivity index (χ1) is 20.5. The highest BCUT2D eigenvalue weighted by Crippen LogP contribution is 2.50. The molecule has 0 fully saturated rings. The Kier molecular flexibility index (Phi) is 5.67. The van der Waals surface area contributed by atoms with Crippen LogP contribution in [0, 0.1) is 0 Å². The van der Waals surface area contributed by atoms with Crippen LogP contribution in [0.3, 0.4) is 0 Å². The standard InChI is InChI=1S/C41H30S/c1-26-33-14-5-7-17-39(33)42-40-21-19-31(24-36(26)40)29-12-8-10-27(22-29)28-11-9-13-30(23-28)32-18-20-35-34-15-4-6-16-37(34)41(2,3)38(35)25-32/h4-25H,1H2,2-3H3. The molecule has 0 aromatic heterocycles. The topological polar surface area (TPSA) is 0 Å². The monoisotopic (exact) mass is 554 g/mol. The molecule has 6 aromatic rings. The molecule has 0 amide bonds. The first kappa shape index (κ1) is 25.1. The Morgan fingerprint density at radius 2 is 0.952 bits per heavy atom. The van der Waals surface area contributed by atoms with Gasteiger partial charge in [0.1, 0.15) is 0 Å². The fraction of sp³-hybridized carbons (Fsp3) is 0.0732. The zero-order valence-corrected chi connectivity index (χ0v) is 24.6. The summed E-state index contributed by atoms with van der Waals surface area (Å²) in [6.07, 6.45) is 0. The highest BCUT2D eigenvalue weighted by molar-refractivity contribution is 7.99. The summed E-state index contributed by atoms with van der Waals surface area (Å²) in [6.45, 7) is 9.15. The molecule has 0 atom stereocenters.